The van der Waals surface area contributed by atoms with Gasteiger partial charge in [-0.1, -0.05) is 0 Å². The second-order valence-corrected chi connectivity index (χ2v) is 8.00. The fourth-order valence-corrected chi connectivity index (χ4v) is 3.26. The van der Waals surface area contributed by atoms with Crippen molar-refractivity contribution in [3.63, 3.8) is 0 Å². The highest BCUT2D eigenvalue weighted by Gasteiger charge is 2.21. The topological polar surface area (TPSA) is 88.2 Å². The van der Waals surface area contributed by atoms with Gasteiger partial charge in [0.2, 0.25) is 6.79 Å². The molecule has 0 fully saturated rings. The molecule has 0 spiro atoms. The van der Waals surface area contributed by atoms with Crippen molar-refractivity contribution in [2.45, 2.75) is 0 Å². The number of carbonyl (C=O) groups excluding carboxylic acids is 1. The number of ether oxygens (including phenoxy) is 2. The Labute approximate surface area is 152 Å². The van der Waals surface area contributed by atoms with Crippen LogP contribution < -0.4 is 19.1 Å². The van der Waals surface area contributed by atoms with Crippen molar-refractivity contribution in [2.24, 2.45) is 0 Å². The summed E-state index contributed by atoms with van der Waals surface area (Å²) in [5.74, 6) is 0.902. The molecule has 1 aliphatic heterocycles. The first-order chi connectivity index (χ1) is 12.3. The smallest absolute Gasteiger partial charge is 0.303 e. The van der Waals surface area contributed by atoms with E-state index in [1.54, 1.807) is 42.5 Å². The fraction of sp³-hybridized carbons (Fsp3) is 0.235. The first-order valence-electron chi connectivity index (χ1n) is 7.76. The van der Waals surface area contributed by atoms with Crippen molar-refractivity contribution < 1.29 is 22.7 Å². The van der Waals surface area contributed by atoms with E-state index in [-0.39, 0.29) is 12.7 Å². The van der Waals surface area contributed by atoms with Crippen molar-refractivity contribution in [1.29, 1.82) is 0 Å². The summed E-state index contributed by atoms with van der Waals surface area (Å²) in [6.45, 7) is 0.164. The molecule has 0 radical (unpaired) electrons. The van der Waals surface area contributed by atoms with Crippen LogP contribution in [-0.4, -0.2) is 46.6 Å². The number of benzene rings is 2. The molecule has 0 unspecified atom stereocenters. The predicted molar refractivity (Wildman–Crippen MR) is 98.0 cm³/mol. The van der Waals surface area contributed by atoms with Crippen LogP contribution >= 0.6 is 0 Å². The largest absolute Gasteiger partial charge is 0.454 e. The van der Waals surface area contributed by atoms with Crippen LogP contribution in [0.5, 0.6) is 11.5 Å². The van der Waals surface area contributed by atoms with Gasteiger partial charge in [0, 0.05) is 38.5 Å². The number of amides is 1. The molecule has 2 aromatic rings. The Morgan fingerprint density at radius 1 is 1.00 bits per heavy atom. The zero-order valence-corrected chi connectivity index (χ0v) is 15.4. The minimum atomic E-state index is -3.58. The van der Waals surface area contributed by atoms with E-state index >= 15 is 0 Å². The van der Waals surface area contributed by atoms with E-state index in [0.717, 1.165) is 8.61 Å². The summed E-state index contributed by atoms with van der Waals surface area (Å²) >= 11 is 0. The van der Waals surface area contributed by atoms with Gasteiger partial charge in [-0.3, -0.25) is 9.10 Å². The second-order valence-electron chi connectivity index (χ2n) is 5.83. The van der Waals surface area contributed by atoms with Crippen LogP contribution in [0.25, 0.3) is 0 Å². The molecule has 8 nitrogen and oxygen atoms in total. The average molecular weight is 377 g/mol. The minimum absolute atomic E-state index is 0.164. The number of anilines is 2. The van der Waals surface area contributed by atoms with Crippen LogP contribution in [0.3, 0.4) is 0 Å². The maximum atomic E-state index is 12.4. The normalized spacial score (nSPS) is 12.9. The molecule has 0 saturated carbocycles. The number of rotatable bonds is 5. The van der Waals surface area contributed by atoms with E-state index in [0.29, 0.717) is 28.4 Å². The maximum Gasteiger partial charge on any atom is 0.303 e. The van der Waals surface area contributed by atoms with Gasteiger partial charge >= 0.3 is 10.2 Å². The molecule has 3 rings (SSSR count). The van der Waals surface area contributed by atoms with E-state index < -0.39 is 10.2 Å². The standard InChI is InChI=1S/C17H19N3O5S/c1-19(2)26(22,23)20(3)14-7-4-12(5-8-14)17(21)18-13-6-9-15-16(10-13)25-11-24-15/h4-10H,11H2,1-3H3,(H,18,21). The van der Waals surface area contributed by atoms with Crippen molar-refractivity contribution in [3.8, 4) is 11.5 Å². The van der Waals surface area contributed by atoms with E-state index in [4.69, 9.17) is 9.47 Å². The van der Waals surface area contributed by atoms with Crippen LogP contribution in [-0.2, 0) is 10.2 Å². The molecule has 0 atom stereocenters. The average Bonchev–Trinajstić information content (AvgIpc) is 3.08. The number of nitrogens with zero attached hydrogens (tertiary/aromatic N) is 2. The third kappa shape index (κ3) is 3.44. The third-order valence-electron chi connectivity index (χ3n) is 3.93. The summed E-state index contributed by atoms with van der Waals surface area (Å²) in [7, 11) is 0.793. The molecule has 9 heteroatoms. The molecule has 0 bridgehead atoms. The SMILES string of the molecule is CN(C)S(=O)(=O)N(C)c1ccc(C(=O)Nc2ccc3c(c2)OCO3)cc1. The van der Waals surface area contributed by atoms with Crippen LogP contribution in [0.1, 0.15) is 10.4 Å². The van der Waals surface area contributed by atoms with Crippen LogP contribution in [0.4, 0.5) is 11.4 Å². The van der Waals surface area contributed by atoms with Gasteiger partial charge in [-0.15, -0.1) is 0 Å². The summed E-state index contributed by atoms with van der Waals surface area (Å²) < 4.78 is 37.0. The Bertz CT molecular complexity index is 926. The van der Waals surface area contributed by atoms with Gasteiger partial charge in [-0.25, -0.2) is 0 Å². The molecule has 0 saturated heterocycles. The highest BCUT2D eigenvalue weighted by Crippen LogP contribution is 2.34. The zero-order valence-electron chi connectivity index (χ0n) is 14.6. The Morgan fingerprint density at radius 3 is 2.31 bits per heavy atom. The maximum absolute atomic E-state index is 12.4. The lowest BCUT2D eigenvalue weighted by Gasteiger charge is -2.23. The third-order valence-corrected chi connectivity index (χ3v) is 5.76. The summed E-state index contributed by atoms with van der Waals surface area (Å²) in [5, 5.41) is 2.77. The quantitative estimate of drug-likeness (QED) is 0.860. The molecule has 0 aromatic heterocycles. The Balaban J connectivity index is 1.73. The molecular weight excluding hydrogens is 358 g/mol. The zero-order chi connectivity index (χ0) is 18.9. The van der Waals surface area contributed by atoms with Crippen molar-refractivity contribution in [1.82, 2.24) is 4.31 Å². The molecule has 1 aliphatic rings. The highest BCUT2D eigenvalue weighted by atomic mass is 32.2. The van der Waals surface area contributed by atoms with Crippen LogP contribution in [0.15, 0.2) is 42.5 Å². The summed E-state index contributed by atoms with van der Waals surface area (Å²) in [6, 6.07) is 11.4. The van der Waals surface area contributed by atoms with Crippen LogP contribution in [0, 0.1) is 0 Å². The molecule has 1 heterocycles. The lowest BCUT2D eigenvalue weighted by Crippen LogP contribution is -2.37. The Morgan fingerprint density at radius 2 is 1.65 bits per heavy atom. The Hall–Kier alpha value is -2.78. The monoisotopic (exact) mass is 377 g/mol. The first-order valence-corrected chi connectivity index (χ1v) is 9.16. The molecular formula is C17H19N3O5S. The molecule has 26 heavy (non-hydrogen) atoms. The van der Waals surface area contributed by atoms with Crippen molar-refractivity contribution in [2.75, 3.05) is 37.6 Å². The van der Waals surface area contributed by atoms with Crippen molar-refractivity contribution in [3.05, 3.63) is 48.0 Å². The molecule has 1 amide bonds. The van der Waals surface area contributed by atoms with E-state index in [2.05, 4.69) is 5.32 Å². The minimum Gasteiger partial charge on any atom is -0.454 e. The molecule has 138 valence electrons. The number of hydrogen-bond donors (Lipinski definition) is 1. The predicted octanol–water partition coefficient (Wildman–Crippen LogP) is 1.91. The van der Waals surface area contributed by atoms with Crippen molar-refractivity contribution >= 4 is 27.5 Å². The Kier molecular flexibility index (Phi) is 4.75. The van der Waals surface area contributed by atoms with Gasteiger partial charge in [0.1, 0.15) is 0 Å². The summed E-state index contributed by atoms with van der Waals surface area (Å²) in [5.41, 5.74) is 1.44. The van der Waals surface area contributed by atoms with Gasteiger partial charge in [-0.05, 0) is 36.4 Å². The molecule has 0 aliphatic carbocycles. The first kappa shape index (κ1) is 18.0. The fourth-order valence-electron chi connectivity index (χ4n) is 2.38. The van der Waals surface area contributed by atoms with E-state index in [1.165, 1.54) is 21.1 Å². The van der Waals surface area contributed by atoms with Gasteiger partial charge < -0.3 is 14.8 Å². The van der Waals surface area contributed by atoms with Gasteiger partial charge in [0.25, 0.3) is 5.91 Å². The highest BCUT2D eigenvalue weighted by molar-refractivity contribution is 7.90. The second kappa shape index (κ2) is 6.85. The number of fused-ring (bicyclic) bond motifs is 1. The lowest BCUT2D eigenvalue weighted by atomic mass is 10.2. The number of nitrogens with one attached hydrogen (secondary N) is 1. The van der Waals surface area contributed by atoms with Gasteiger partial charge in [0.15, 0.2) is 11.5 Å². The number of carbonyl (C=O) groups is 1. The van der Waals surface area contributed by atoms with Gasteiger partial charge in [0.05, 0.1) is 5.69 Å². The summed E-state index contributed by atoms with van der Waals surface area (Å²) in [6.07, 6.45) is 0. The van der Waals surface area contributed by atoms with E-state index in [9.17, 15) is 13.2 Å². The molecule has 1 N–H and O–H groups in total. The van der Waals surface area contributed by atoms with Crippen LogP contribution in [0.2, 0.25) is 0 Å². The number of hydrogen-bond acceptors (Lipinski definition) is 5. The summed E-state index contributed by atoms with van der Waals surface area (Å²) in [4.78, 5) is 12.4. The van der Waals surface area contributed by atoms with E-state index in [1.807, 2.05) is 0 Å². The van der Waals surface area contributed by atoms with Gasteiger partial charge in [-0.2, -0.15) is 12.7 Å². The lowest BCUT2D eigenvalue weighted by molar-refractivity contribution is 0.102. The molecule has 2 aromatic carbocycles.